The number of thiophene rings is 1. The summed E-state index contributed by atoms with van der Waals surface area (Å²) in [5.41, 5.74) is 0.851. The lowest BCUT2D eigenvalue weighted by Crippen LogP contribution is -2.29. The van der Waals surface area contributed by atoms with Crippen LogP contribution < -0.4 is 0 Å². The van der Waals surface area contributed by atoms with E-state index in [4.69, 9.17) is 5.11 Å². The zero-order valence-electron chi connectivity index (χ0n) is 10.7. The van der Waals surface area contributed by atoms with Gasteiger partial charge in [-0.2, -0.15) is 0 Å². The molecule has 0 radical (unpaired) electrons. The number of hydrogen-bond donors (Lipinski definition) is 1. The van der Waals surface area contributed by atoms with Gasteiger partial charge in [0.2, 0.25) is 0 Å². The quantitative estimate of drug-likeness (QED) is 0.941. The van der Waals surface area contributed by atoms with Gasteiger partial charge in [0.15, 0.2) is 0 Å². The van der Waals surface area contributed by atoms with Crippen LogP contribution in [0.3, 0.4) is 0 Å². The largest absolute Gasteiger partial charge is 0.481 e. The highest BCUT2D eigenvalue weighted by atomic mass is 32.1. The average molecular weight is 290 g/mol. The third-order valence-electron chi connectivity index (χ3n) is 3.55. The number of carbonyl (C=O) groups is 2. The van der Waals surface area contributed by atoms with Crippen molar-refractivity contribution in [1.29, 1.82) is 0 Å². The van der Waals surface area contributed by atoms with Gasteiger partial charge in [0.25, 0.3) is 5.91 Å². The van der Waals surface area contributed by atoms with Gasteiger partial charge in [0, 0.05) is 25.5 Å². The van der Waals surface area contributed by atoms with Crippen LogP contribution in [0.5, 0.6) is 0 Å². The van der Waals surface area contributed by atoms with Crippen molar-refractivity contribution in [3.05, 3.63) is 40.8 Å². The number of aliphatic carboxylic acids is 1. The molecule has 1 N–H and O–H groups in total. The van der Waals surface area contributed by atoms with Crippen LogP contribution in [0, 0.1) is 5.92 Å². The molecule has 104 valence electrons. The maximum atomic E-state index is 12.5. The number of aromatic nitrogens is 1. The second kappa shape index (κ2) is 5.13. The summed E-state index contributed by atoms with van der Waals surface area (Å²) in [6.45, 7) is 0.815. The minimum atomic E-state index is -0.822. The van der Waals surface area contributed by atoms with E-state index in [9.17, 15) is 9.59 Å². The first-order chi connectivity index (χ1) is 9.66. The first kappa shape index (κ1) is 12.9. The number of carboxylic acids is 1. The third-order valence-corrected chi connectivity index (χ3v) is 4.44. The standard InChI is InChI=1S/C14H14N2O3S/c17-13(16-7-3-10(9-16)14(18)19)12-11(4-8-20-12)15-5-1-2-6-15/h1-2,4-6,8,10H,3,7,9H2,(H,18,19). The van der Waals surface area contributed by atoms with E-state index in [1.807, 2.05) is 40.5 Å². The molecule has 1 aliphatic rings. The van der Waals surface area contributed by atoms with Crippen molar-refractivity contribution in [3.63, 3.8) is 0 Å². The molecule has 20 heavy (non-hydrogen) atoms. The smallest absolute Gasteiger partial charge is 0.308 e. The predicted octanol–water partition coefficient (Wildman–Crippen LogP) is 2.09. The van der Waals surface area contributed by atoms with Gasteiger partial charge in [-0.05, 0) is 30.0 Å². The van der Waals surface area contributed by atoms with Crippen molar-refractivity contribution >= 4 is 23.2 Å². The molecule has 2 aromatic rings. The van der Waals surface area contributed by atoms with E-state index >= 15 is 0 Å². The van der Waals surface area contributed by atoms with Crippen LogP contribution in [0.25, 0.3) is 5.69 Å². The maximum Gasteiger partial charge on any atom is 0.308 e. The lowest BCUT2D eigenvalue weighted by molar-refractivity contribution is -0.141. The Bertz CT molecular complexity index is 633. The molecule has 0 aromatic carbocycles. The minimum Gasteiger partial charge on any atom is -0.481 e. The number of rotatable bonds is 3. The third kappa shape index (κ3) is 2.22. The monoisotopic (exact) mass is 290 g/mol. The Balaban J connectivity index is 1.82. The van der Waals surface area contributed by atoms with Gasteiger partial charge in [-0.3, -0.25) is 9.59 Å². The van der Waals surface area contributed by atoms with Crippen molar-refractivity contribution < 1.29 is 14.7 Å². The molecule has 0 bridgehead atoms. The summed E-state index contributed by atoms with van der Waals surface area (Å²) in [7, 11) is 0. The van der Waals surface area contributed by atoms with E-state index in [1.165, 1.54) is 11.3 Å². The average Bonchev–Trinajstić information content (AvgIpc) is 3.17. The number of likely N-dealkylation sites (tertiary alicyclic amines) is 1. The Morgan fingerprint density at radius 1 is 1.30 bits per heavy atom. The Morgan fingerprint density at radius 2 is 2.05 bits per heavy atom. The highest BCUT2D eigenvalue weighted by Crippen LogP contribution is 2.26. The van der Waals surface area contributed by atoms with Gasteiger partial charge < -0.3 is 14.6 Å². The van der Waals surface area contributed by atoms with Crippen molar-refractivity contribution in [2.45, 2.75) is 6.42 Å². The van der Waals surface area contributed by atoms with Gasteiger partial charge in [-0.15, -0.1) is 11.3 Å². The molecule has 0 aliphatic carbocycles. The lowest BCUT2D eigenvalue weighted by atomic mass is 10.1. The molecule has 1 unspecified atom stereocenters. The second-order valence-electron chi connectivity index (χ2n) is 4.80. The summed E-state index contributed by atoms with van der Waals surface area (Å²) in [5, 5.41) is 10.9. The predicted molar refractivity (Wildman–Crippen MR) is 75.3 cm³/mol. The van der Waals surface area contributed by atoms with Gasteiger partial charge in [0.05, 0.1) is 11.6 Å². The molecule has 5 nitrogen and oxygen atoms in total. The van der Waals surface area contributed by atoms with Gasteiger partial charge in [-0.25, -0.2) is 0 Å². The summed E-state index contributed by atoms with van der Waals surface area (Å²) in [6, 6.07) is 5.72. The van der Waals surface area contributed by atoms with E-state index in [2.05, 4.69) is 0 Å². The fourth-order valence-corrected chi connectivity index (χ4v) is 3.31. The second-order valence-corrected chi connectivity index (χ2v) is 5.72. The molecular weight excluding hydrogens is 276 g/mol. The number of carboxylic acid groups (broad SMARTS) is 1. The Kier molecular flexibility index (Phi) is 3.31. The van der Waals surface area contributed by atoms with E-state index in [0.29, 0.717) is 24.4 Å². The topological polar surface area (TPSA) is 62.5 Å². The highest BCUT2D eigenvalue weighted by Gasteiger charge is 2.32. The van der Waals surface area contributed by atoms with Crippen LogP contribution in [0.2, 0.25) is 0 Å². The molecule has 1 aliphatic heterocycles. The summed E-state index contributed by atoms with van der Waals surface area (Å²) in [4.78, 5) is 25.8. The van der Waals surface area contributed by atoms with Crippen LogP contribution >= 0.6 is 11.3 Å². The maximum absolute atomic E-state index is 12.5. The number of hydrogen-bond acceptors (Lipinski definition) is 3. The van der Waals surface area contributed by atoms with Crippen molar-refractivity contribution in [1.82, 2.24) is 9.47 Å². The first-order valence-corrected chi connectivity index (χ1v) is 7.27. The summed E-state index contributed by atoms with van der Waals surface area (Å²) < 4.78 is 1.90. The number of carbonyl (C=O) groups excluding carboxylic acids is 1. The fourth-order valence-electron chi connectivity index (χ4n) is 2.45. The van der Waals surface area contributed by atoms with E-state index in [-0.39, 0.29) is 5.91 Å². The van der Waals surface area contributed by atoms with Crippen LogP contribution in [-0.4, -0.2) is 39.5 Å². The van der Waals surface area contributed by atoms with Crippen molar-refractivity contribution in [2.75, 3.05) is 13.1 Å². The normalized spacial score (nSPS) is 18.4. The summed E-state index contributed by atoms with van der Waals surface area (Å²) in [6.07, 6.45) is 4.32. The first-order valence-electron chi connectivity index (χ1n) is 6.39. The SMILES string of the molecule is O=C(O)C1CCN(C(=O)c2sccc2-n2cccc2)C1. The molecule has 3 heterocycles. The van der Waals surface area contributed by atoms with Crippen LogP contribution in [-0.2, 0) is 4.79 Å². The molecular formula is C14H14N2O3S. The minimum absolute atomic E-state index is 0.0764. The summed E-state index contributed by atoms with van der Waals surface area (Å²) >= 11 is 1.39. The van der Waals surface area contributed by atoms with E-state index in [0.717, 1.165) is 5.69 Å². The molecule has 1 amide bonds. The number of nitrogens with zero attached hydrogens (tertiary/aromatic N) is 2. The molecule has 2 aromatic heterocycles. The zero-order valence-corrected chi connectivity index (χ0v) is 11.5. The van der Waals surface area contributed by atoms with Crippen LogP contribution in [0.1, 0.15) is 16.1 Å². The lowest BCUT2D eigenvalue weighted by Gasteiger charge is -2.16. The summed E-state index contributed by atoms with van der Waals surface area (Å²) in [5.74, 6) is -1.33. The molecule has 1 atom stereocenters. The Labute approximate surface area is 120 Å². The Hall–Kier alpha value is -2.08. The zero-order chi connectivity index (χ0) is 14.1. The van der Waals surface area contributed by atoms with Crippen molar-refractivity contribution in [3.8, 4) is 5.69 Å². The van der Waals surface area contributed by atoms with Crippen LogP contribution in [0.15, 0.2) is 36.0 Å². The molecule has 6 heteroatoms. The van der Waals surface area contributed by atoms with Crippen LogP contribution in [0.4, 0.5) is 0 Å². The number of amides is 1. The van der Waals surface area contributed by atoms with E-state index < -0.39 is 11.9 Å². The molecule has 1 fully saturated rings. The van der Waals surface area contributed by atoms with Gasteiger partial charge in [-0.1, -0.05) is 0 Å². The highest BCUT2D eigenvalue weighted by molar-refractivity contribution is 7.12. The van der Waals surface area contributed by atoms with Gasteiger partial charge >= 0.3 is 5.97 Å². The Morgan fingerprint density at radius 3 is 2.70 bits per heavy atom. The molecule has 0 saturated carbocycles. The van der Waals surface area contributed by atoms with Gasteiger partial charge in [0.1, 0.15) is 4.88 Å². The molecule has 3 rings (SSSR count). The van der Waals surface area contributed by atoms with Crippen molar-refractivity contribution in [2.24, 2.45) is 5.92 Å². The molecule has 1 saturated heterocycles. The fraction of sp³-hybridized carbons (Fsp3) is 0.286. The van der Waals surface area contributed by atoms with E-state index in [1.54, 1.807) is 4.90 Å². The molecule has 0 spiro atoms.